The van der Waals surface area contributed by atoms with Crippen LogP contribution in [0, 0.1) is 6.92 Å². The molecule has 0 heterocycles. The van der Waals surface area contributed by atoms with E-state index in [4.69, 9.17) is 0 Å². The highest BCUT2D eigenvalue weighted by Gasteiger charge is 2.08. The molecule has 1 aromatic rings. The number of alkyl halides is 1. The van der Waals surface area contributed by atoms with Gasteiger partial charge in [0.1, 0.15) is 0 Å². The van der Waals surface area contributed by atoms with Gasteiger partial charge in [-0.05, 0) is 37.1 Å². The van der Waals surface area contributed by atoms with Gasteiger partial charge in [-0.1, -0.05) is 38.8 Å². The number of rotatable bonds is 4. The largest absolute Gasteiger partial charge is 0.352 e. The Morgan fingerprint density at radius 1 is 1.50 bits per heavy atom. The van der Waals surface area contributed by atoms with Crippen molar-refractivity contribution >= 4 is 37.8 Å². The highest BCUT2D eigenvalue weighted by atomic mass is 79.9. The molecule has 0 spiro atoms. The van der Waals surface area contributed by atoms with Crippen LogP contribution in [0.2, 0.25) is 0 Å². The van der Waals surface area contributed by atoms with Crippen LogP contribution in [0.25, 0.3) is 0 Å². The highest BCUT2D eigenvalue weighted by molar-refractivity contribution is 9.10. The number of amides is 1. The molecule has 0 aromatic heterocycles. The van der Waals surface area contributed by atoms with E-state index in [2.05, 4.69) is 44.1 Å². The Kier molecular flexibility index (Phi) is 5.49. The molecule has 1 N–H and O–H groups in total. The minimum atomic E-state index is -0.00171. The van der Waals surface area contributed by atoms with Gasteiger partial charge in [-0.2, -0.15) is 0 Å². The number of nitrogens with one attached hydrogen (secondary N) is 1. The quantitative estimate of drug-likeness (QED) is 0.826. The smallest absolute Gasteiger partial charge is 0.251 e. The summed E-state index contributed by atoms with van der Waals surface area (Å²) in [6.07, 6.45) is 0.932. The number of hydrogen-bond acceptors (Lipinski definition) is 1. The summed E-state index contributed by atoms with van der Waals surface area (Å²) in [5, 5.41) is 2.91. The summed E-state index contributed by atoms with van der Waals surface area (Å²) in [5.41, 5.74) is 1.73. The molecule has 1 amide bonds. The van der Waals surface area contributed by atoms with Gasteiger partial charge >= 0.3 is 0 Å². The molecular formula is C12H15Br2NO. The SMILES string of the molecule is Cc1cc(Br)ccc1C(=O)NCCC(C)Br. The minimum Gasteiger partial charge on any atom is -0.352 e. The van der Waals surface area contributed by atoms with Gasteiger partial charge in [-0.15, -0.1) is 0 Å². The lowest BCUT2D eigenvalue weighted by atomic mass is 10.1. The lowest BCUT2D eigenvalue weighted by Crippen LogP contribution is -2.26. The van der Waals surface area contributed by atoms with E-state index in [1.807, 2.05) is 25.1 Å². The Labute approximate surface area is 113 Å². The number of carbonyl (C=O) groups is 1. The first kappa shape index (κ1) is 13.7. The van der Waals surface area contributed by atoms with Crippen LogP contribution in [-0.4, -0.2) is 17.3 Å². The standard InChI is InChI=1S/C12H15Br2NO/c1-8-7-10(14)3-4-11(8)12(16)15-6-5-9(2)13/h3-4,7,9H,5-6H2,1-2H3,(H,15,16). The molecular weight excluding hydrogens is 334 g/mol. The van der Waals surface area contributed by atoms with Crippen molar-refractivity contribution in [3.63, 3.8) is 0 Å². The summed E-state index contributed by atoms with van der Waals surface area (Å²) < 4.78 is 0.996. The molecule has 1 aromatic carbocycles. The van der Waals surface area contributed by atoms with Crippen LogP contribution in [0.5, 0.6) is 0 Å². The number of aryl methyl sites for hydroxylation is 1. The first-order valence-electron chi connectivity index (χ1n) is 5.19. The number of halogens is 2. The van der Waals surface area contributed by atoms with Crippen molar-refractivity contribution in [2.24, 2.45) is 0 Å². The molecule has 1 rings (SSSR count). The Morgan fingerprint density at radius 3 is 2.75 bits per heavy atom. The normalized spacial score (nSPS) is 12.2. The van der Waals surface area contributed by atoms with Crippen molar-refractivity contribution in [3.8, 4) is 0 Å². The van der Waals surface area contributed by atoms with Gasteiger partial charge in [0.25, 0.3) is 5.91 Å². The third-order valence-electron chi connectivity index (χ3n) is 2.26. The van der Waals surface area contributed by atoms with Crippen LogP contribution >= 0.6 is 31.9 Å². The van der Waals surface area contributed by atoms with Gasteiger partial charge in [0.15, 0.2) is 0 Å². The predicted octanol–water partition coefficient (Wildman–Crippen LogP) is 3.66. The number of carbonyl (C=O) groups excluding carboxylic acids is 1. The molecule has 4 heteroatoms. The van der Waals surface area contributed by atoms with Gasteiger partial charge in [0, 0.05) is 21.4 Å². The minimum absolute atomic E-state index is 0.00171. The third-order valence-corrected chi connectivity index (χ3v) is 3.21. The first-order chi connectivity index (χ1) is 7.50. The Morgan fingerprint density at radius 2 is 2.19 bits per heavy atom. The van der Waals surface area contributed by atoms with Crippen molar-refractivity contribution in [2.45, 2.75) is 25.1 Å². The van der Waals surface area contributed by atoms with E-state index in [0.29, 0.717) is 11.4 Å². The van der Waals surface area contributed by atoms with Crippen molar-refractivity contribution in [1.29, 1.82) is 0 Å². The van der Waals surface area contributed by atoms with E-state index in [0.717, 1.165) is 22.0 Å². The summed E-state index contributed by atoms with van der Waals surface area (Å²) in [7, 11) is 0. The molecule has 0 aliphatic carbocycles. The average Bonchev–Trinajstić information content (AvgIpc) is 2.16. The van der Waals surface area contributed by atoms with E-state index < -0.39 is 0 Å². The molecule has 88 valence electrons. The zero-order valence-electron chi connectivity index (χ0n) is 9.39. The van der Waals surface area contributed by atoms with Crippen molar-refractivity contribution in [1.82, 2.24) is 5.32 Å². The average molecular weight is 349 g/mol. The molecule has 0 saturated heterocycles. The fraction of sp³-hybridized carbons (Fsp3) is 0.417. The van der Waals surface area contributed by atoms with Crippen LogP contribution in [0.15, 0.2) is 22.7 Å². The lowest BCUT2D eigenvalue weighted by molar-refractivity contribution is 0.0953. The van der Waals surface area contributed by atoms with Gasteiger partial charge in [0.2, 0.25) is 0 Å². The monoisotopic (exact) mass is 347 g/mol. The van der Waals surface area contributed by atoms with Gasteiger partial charge in [-0.3, -0.25) is 4.79 Å². The molecule has 0 aliphatic heterocycles. The fourth-order valence-electron chi connectivity index (χ4n) is 1.36. The summed E-state index contributed by atoms with van der Waals surface area (Å²) in [6, 6.07) is 5.67. The Bertz CT molecular complexity index is 377. The molecule has 0 fully saturated rings. The maximum absolute atomic E-state index is 11.8. The van der Waals surface area contributed by atoms with Crippen molar-refractivity contribution < 1.29 is 4.79 Å². The zero-order chi connectivity index (χ0) is 12.1. The summed E-state index contributed by atoms with van der Waals surface area (Å²) in [6.45, 7) is 4.70. The molecule has 0 aliphatic rings. The van der Waals surface area contributed by atoms with Crippen LogP contribution in [0.4, 0.5) is 0 Å². The Hall–Kier alpha value is -0.350. The number of hydrogen-bond donors (Lipinski definition) is 1. The second-order valence-electron chi connectivity index (χ2n) is 3.78. The van der Waals surface area contributed by atoms with Crippen LogP contribution in [-0.2, 0) is 0 Å². The van der Waals surface area contributed by atoms with E-state index >= 15 is 0 Å². The van der Waals surface area contributed by atoms with Crippen LogP contribution in [0.3, 0.4) is 0 Å². The van der Waals surface area contributed by atoms with E-state index in [1.54, 1.807) is 0 Å². The van der Waals surface area contributed by atoms with Gasteiger partial charge in [0.05, 0.1) is 0 Å². The zero-order valence-corrected chi connectivity index (χ0v) is 12.6. The fourth-order valence-corrected chi connectivity index (χ4v) is 2.07. The van der Waals surface area contributed by atoms with Gasteiger partial charge < -0.3 is 5.32 Å². The van der Waals surface area contributed by atoms with Crippen molar-refractivity contribution in [2.75, 3.05) is 6.54 Å². The number of benzene rings is 1. The predicted molar refractivity (Wildman–Crippen MR) is 74.2 cm³/mol. The summed E-state index contributed by atoms with van der Waals surface area (Å²) >= 11 is 6.83. The Balaban J connectivity index is 2.59. The summed E-state index contributed by atoms with van der Waals surface area (Å²) in [4.78, 5) is 12.2. The highest BCUT2D eigenvalue weighted by Crippen LogP contribution is 2.15. The topological polar surface area (TPSA) is 29.1 Å². The van der Waals surface area contributed by atoms with Gasteiger partial charge in [-0.25, -0.2) is 0 Å². The molecule has 1 unspecified atom stereocenters. The first-order valence-corrected chi connectivity index (χ1v) is 6.90. The third kappa shape index (κ3) is 4.26. The van der Waals surface area contributed by atoms with E-state index in [-0.39, 0.29) is 5.91 Å². The van der Waals surface area contributed by atoms with Crippen molar-refractivity contribution in [3.05, 3.63) is 33.8 Å². The second-order valence-corrected chi connectivity index (χ2v) is 6.26. The maximum atomic E-state index is 11.8. The molecule has 0 radical (unpaired) electrons. The molecule has 0 saturated carbocycles. The van der Waals surface area contributed by atoms with E-state index in [9.17, 15) is 4.79 Å². The maximum Gasteiger partial charge on any atom is 0.251 e. The van der Waals surface area contributed by atoms with Crippen LogP contribution < -0.4 is 5.32 Å². The van der Waals surface area contributed by atoms with Crippen LogP contribution in [0.1, 0.15) is 29.3 Å². The lowest BCUT2D eigenvalue weighted by Gasteiger charge is -2.08. The molecule has 0 bridgehead atoms. The molecule has 16 heavy (non-hydrogen) atoms. The molecule has 1 atom stereocenters. The van der Waals surface area contributed by atoms with E-state index in [1.165, 1.54) is 0 Å². The summed E-state index contributed by atoms with van der Waals surface area (Å²) in [5.74, 6) is -0.00171. The molecule has 2 nitrogen and oxygen atoms in total. The second kappa shape index (κ2) is 6.40.